The molecule has 0 aromatic carbocycles. The highest BCUT2D eigenvalue weighted by molar-refractivity contribution is 7.90. The molecular formula is C8H19NO2S. The Morgan fingerprint density at radius 2 is 1.83 bits per heavy atom. The molecule has 0 aromatic heterocycles. The lowest BCUT2D eigenvalue weighted by molar-refractivity contribution is 0.560. The maximum Gasteiger partial charge on any atom is 0.214 e. The van der Waals surface area contributed by atoms with Crippen molar-refractivity contribution in [2.75, 3.05) is 6.54 Å². The van der Waals surface area contributed by atoms with Gasteiger partial charge in [-0.2, -0.15) is 0 Å². The summed E-state index contributed by atoms with van der Waals surface area (Å²) in [5.41, 5.74) is 0. The molecule has 74 valence electrons. The van der Waals surface area contributed by atoms with Gasteiger partial charge in [0.15, 0.2) is 0 Å². The van der Waals surface area contributed by atoms with Gasteiger partial charge in [-0.15, -0.1) is 0 Å². The largest absolute Gasteiger partial charge is 0.215 e. The summed E-state index contributed by atoms with van der Waals surface area (Å²) in [5, 5.41) is -0.256. The first kappa shape index (κ1) is 11.9. The van der Waals surface area contributed by atoms with E-state index in [1.54, 1.807) is 6.92 Å². The van der Waals surface area contributed by atoms with Crippen molar-refractivity contribution in [2.24, 2.45) is 0 Å². The summed E-state index contributed by atoms with van der Waals surface area (Å²) in [6.07, 6.45) is 2.49. The first-order valence-corrected chi connectivity index (χ1v) is 6.07. The summed E-state index contributed by atoms with van der Waals surface area (Å²) in [7, 11) is -3.03. The zero-order valence-corrected chi connectivity index (χ0v) is 8.95. The van der Waals surface area contributed by atoms with E-state index in [-0.39, 0.29) is 5.25 Å². The molecule has 0 spiro atoms. The lowest BCUT2D eigenvalue weighted by Crippen LogP contribution is -2.32. The molecule has 0 fully saturated rings. The highest BCUT2D eigenvalue weighted by Crippen LogP contribution is 2.05. The van der Waals surface area contributed by atoms with E-state index in [1.165, 1.54) is 0 Å². The van der Waals surface area contributed by atoms with Gasteiger partial charge in [-0.3, -0.25) is 0 Å². The van der Waals surface area contributed by atoms with Crippen molar-refractivity contribution in [1.29, 1.82) is 0 Å². The Labute approximate surface area is 75.6 Å². The minimum atomic E-state index is -3.03. The van der Waals surface area contributed by atoms with Gasteiger partial charge in [-0.1, -0.05) is 20.3 Å². The van der Waals surface area contributed by atoms with Gasteiger partial charge in [0.05, 0.1) is 5.25 Å². The van der Waals surface area contributed by atoms with Gasteiger partial charge >= 0.3 is 0 Å². The summed E-state index contributed by atoms with van der Waals surface area (Å²) in [6, 6.07) is 0. The second kappa shape index (κ2) is 5.54. The second-order valence-electron chi connectivity index (χ2n) is 3.04. The lowest BCUT2D eigenvalue weighted by Gasteiger charge is -2.11. The van der Waals surface area contributed by atoms with Crippen LogP contribution in [0.5, 0.6) is 0 Å². The third kappa shape index (κ3) is 4.07. The first-order valence-electron chi connectivity index (χ1n) is 4.53. The van der Waals surface area contributed by atoms with Gasteiger partial charge < -0.3 is 0 Å². The molecule has 3 nitrogen and oxygen atoms in total. The van der Waals surface area contributed by atoms with Crippen molar-refractivity contribution in [3.8, 4) is 0 Å². The molecule has 0 amide bonds. The SMILES string of the molecule is CCCNS(=O)(=O)C(C)CCC. The van der Waals surface area contributed by atoms with Crippen molar-refractivity contribution in [3.05, 3.63) is 0 Å². The third-order valence-electron chi connectivity index (χ3n) is 1.78. The number of hydrogen-bond donors (Lipinski definition) is 1. The third-order valence-corrected chi connectivity index (χ3v) is 3.68. The van der Waals surface area contributed by atoms with E-state index in [2.05, 4.69) is 4.72 Å². The van der Waals surface area contributed by atoms with Crippen LogP contribution in [0, 0.1) is 0 Å². The van der Waals surface area contributed by atoms with Crippen LogP contribution in [0.15, 0.2) is 0 Å². The Hall–Kier alpha value is -0.0900. The fourth-order valence-corrected chi connectivity index (χ4v) is 2.27. The molecular weight excluding hydrogens is 174 g/mol. The van der Waals surface area contributed by atoms with Gasteiger partial charge in [0, 0.05) is 6.54 Å². The van der Waals surface area contributed by atoms with Gasteiger partial charge in [0.2, 0.25) is 10.0 Å². The van der Waals surface area contributed by atoms with Crippen molar-refractivity contribution < 1.29 is 8.42 Å². The Morgan fingerprint density at radius 1 is 1.25 bits per heavy atom. The lowest BCUT2D eigenvalue weighted by atomic mass is 10.3. The fourth-order valence-electron chi connectivity index (χ4n) is 0.948. The fraction of sp³-hybridized carbons (Fsp3) is 1.00. The van der Waals surface area contributed by atoms with Crippen LogP contribution in [-0.2, 0) is 10.0 Å². The van der Waals surface area contributed by atoms with Gasteiger partial charge in [-0.05, 0) is 19.8 Å². The molecule has 0 saturated heterocycles. The summed E-state index contributed by atoms with van der Waals surface area (Å²) < 4.78 is 25.3. The standard InChI is InChI=1S/C8H19NO2S/c1-4-6-8(3)12(10,11)9-7-5-2/h8-9H,4-7H2,1-3H3. The van der Waals surface area contributed by atoms with E-state index >= 15 is 0 Å². The minimum Gasteiger partial charge on any atom is -0.215 e. The van der Waals surface area contributed by atoms with Crippen LogP contribution < -0.4 is 4.72 Å². The highest BCUT2D eigenvalue weighted by atomic mass is 32.2. The minimum absolute atomic E-state index is 0.256. The summed E-state index contributed by atoms with van der Waals surface area (Å²) >= 11 is 0. The van der Waals surface area contributed by atoms with Crippen LogP contribution in [0.3, 0.4) is 0 Å². The number of rotatable bonds is 6. The monoisotopic (exact) mass is 193 g/mol. The van der Waals surface area contributed by atoms with Crippen LogP contribution >= 0.6 is 0 Å². The Morgan fingerprint density at radius 3 is 2.25 bits per heavy atom. The molecule has 0 rings (SSSR count). The molecule has 1 N–H and O–H groups in total. The average Bonchev–Trinajstić information content (AvgIpc) is 2.01. The van der Waals surface area contributed by atoms with Crippen LogP contribution in [0.1, 0.15) is 40.0 Å². The smallest absolute Gasteiger partial charge is 0.214 e. The van der Waals surface area contributed by atoms with Crippen molar-refractivity contribution in [1.82, 2.24) is 4.72 Å². The Bertz CT molecular complexity index is 199. The summed E-state index contributed by atoms with van der Waals surface area (Å²) in [5.74, 6) is 0. The molecule has 0 bridgehead atoms. The number of nitrogens with one attached hydrogen (secondary N) is 1. The normalized spacial score (nSPS) is 14.6. The predicted molar refractivity (Wildman–Crippen MR) is 51.6 cm³/mol. The molecule has 1 unspecified atom stereocenters. The van der Waals surface area contributed by atoms with Crippen LogP contribution in [0.2, 0.25) is 0 Å². The van der Waals surface area contributed by atoms with Gasteiger partial charge in [0.1, 0.15) is 0 Å². The first-order chi connectivity index (χ1) is 5.54. The Balaban J connectivity index is 4.01. The Kier molecular flexibility index (Phi) is 5.50. The number of sulfonamides is 1. The molecule has 0 aliphatic carbocycles. The molecule has 1 atom stereocenters. The van der Waals surface area contributed by atoms with Crippen molar-refractivity contribution >= 4 is 10.0 Å². The predicted octanol–water partition coefficient (Wildman–Crippen LogP) is 1.50. The quantitative estimate of drug-likeness (QED) is 0.695. The topological polar surface area (TPSA) is 46.2 Å². The van der Waals surface area contributed by atoms with Gasteiger partial charge in [0.25, 0.3) is 0 Å². The molecule has 0 radical (unpaired) electrons. The average molecular weight is 193 g/mol. The van der Waals surface area contributed by atoms with E-state index in [9.17, 15) is 8.42 Å². The maximum absolute atomic E-state index is 11.4. The van der Waals surface area contributed by atoms with E-state index in [4.69, 9.17) is 0 Å². The molecule has 0 aliphatic heterocycles. The van der Waals surface area contributed by atoms with Crippen LogP contribution in [-0.4, -0.2) is 20.2 Å². The zero-order valence-electron chi connectivity index (χ0n) is 8.13. The summed E-state index contributed by atoms with van der Waals surface area (Å²) in [6.45, 7) is 6.25. The molecule has 4 heteroatoms. The zero-order chi connectivity index (χ0) is 9.61. The molecule has 0 saturated carbocycles. The van der Waals surface area contributed by atoms with Crippen LogP contribution in [0.4, 0.5) is 0 Å². The molecule has 0 aromatic rings. The van der Waals surface area contributed by atoms with E-state index < -0.39 is 10.0 Å². The van der Waals surface area contributed by atoms with Crippen LogP contribution in [0.25, 0.3) is 0 Å². The highest BCUT2D eigenvalue weighted by Gasteiger charge is 2.17. The number of hydrogen-bond acceptors (Lipinski definition) is 2. The molecule has 0 heterocycles. The maximum atomic E-state index is 11.4. The van der Waals surface area contributed by atoms with Gasteiger partial charge in [-0.25, -0.2) is 13.1 Å². The molecule has 0 aliphatic rings. The van der Waals surface area contributed by atoms with E-state index in [0.29, 0.717) is 6.54 Å². The summed E-state index contributed by atoms with van der Waals surface area (Å²) in [4.78, 5) is 0. The molecule has 12 heavy (non-hydrogen) atoms. The van der Waals surface area contributed by atoms with E-state index in [0.717, 1.165) is 19.3 Å². The van der Waals surface area contributed by atoms with Crippen molar-refractivity contribution in [3.63, 3.8) is 0 Å². The van der Waals surface area contributed by atoms with E-state index in [1.807, 2.05) is 13.8 Å². The second-order valence-corrected chi connectivity index (χ2v) is 5.22. The van der Waals surface area contributed by atoms with Crippen molar-refractivity contribution in [2.45, 2.75) is 45.3 Å².